The molecular formula is C14H23N3O. The van der Waals surface area contributed by atoms with Gasteiger partial charge in [-0.15, -0.1) is 0 Å². The minimum Gasteiger partial charge on any atom is -0.383 e. The molecule has 0 aromatic carbocycles. The number of rotatable bonds is 5. The van der Waals surface area contributed by atoms with Crippen molar-refractivity contribution < 1.29 is 4.74 Å². The number of aryl methyl sites for hydroxylation is 1. The molecule has 4 heteroatoms. The van der Waals surface area contributed by atoms with E-state index in [2.05, 4.69) is 24.1 Å². The zero-order chi connectivity index (χ0) is 13.0. The Kier molecular flexibility index (Phi) is 4.55. The van der Waals surface area contributed by atoms with Crippen LogP contribution >= 0.6 is 0 Å². The molecule has 1 saturated heterocycles. The monoisotopic (exact) mass is 249 g/mol. The van der Waals surface area contributed by atoms with Crippen molar-refractivity contribution in [3.05, 3.63) is 23.4 Å². The van der Waals surface area contributed by atoms with Crippen LogP contribution in [0.25, 0.3) is 0 Å². The van der Waals surface area contributed by atoms with Crippen molar-refractivity contribution in [3.8, 4) is 0 Å². The Balaban J connectivity index is 2.17. The lowest BCUT2D eigenvalue weighted by Gasteiger charge is -2.23. The summed E-state index contributed by atoms with van der Waals surface area (Å²) in [6.07, 6.45) is 4.00. The fraction of sp³-hybridized carbons (Fsp3) is 0.643. The van der Waals surface area contributed by atoms with Gasteiger partial charge in [0.1, 0.15) is 5.82 Å². The molecule has 3 N–H and O–H groups in total. The van der Waals surface area contributed by atoms with Gasteiger partial charge in [-0.05, 0) is 43.9 Å². The van der Waals surface area contributed by atoms with Crippen LogP contribution in [0.3, 0.4) is 0 Å². The molecule has 1 aromatic rings. The van der Waals surface area contributed by atoms with Gasteiger partial charge in [-0.25, -0.2) is 4.98 Å². The van der Waals surface area contributed by atoms with Gasteiger partial charge in [0.2, 0.25) is 0 Å². The van der Waals surface area contributed by atoms with E-state index in [4.69, 9.17) is 10.5 Å². The molecule has 2 rings (SSSR count). The molecule has 0 amide bonds. The number of anilines is 1. The van der Waals surface area contributed by atoms with Gasteiger partial charge in [0.15, 0.2) is 0 Å². The van der Waals surface area contributed by atoms with Gasteiger partial charge in [0.25, 0.3) is 0 Å². The second kappa shape index (κ2) is 6.16. The van der Waals surface area contributed by atoms with E-state index in [1.54, 1.807) is 6.20 Å². The van der Waals surface area contributed by atoms with E-state index in [0.717, 1.165) is 38.2 Å². The van der Waals surface area contributed by atoms with Crippen molar-refractivity contribution in [2.24, 2.45) is 5.92 Å². The third kappa shape index (κ3) is 3.00. The first-order valence-electron chi connectivity index (χ1n) is 6.74. The topological polar surface area (TPSA) is 60.2 Å². The Morgan fingerprint density at radius 1 is 1.61 bits per heavy atom. The first kappa shape index (κ1) is 13.3. The third-order valence-electron chi connectivity index (χ3n) is 3.63. The Labute approximate surface area is 109 Å². The van der Waals surface area contributed by atoms with E-state index < -0.39 is 0 Å². The van der Waals surface area contributed by atoms with Crippen LogP contribution in [0.2, 0.25) is 0 Å². The SMILES string of the molecule is CCNC(CC1CCOC1)c1c(C)ccnc1N. The zero-order valence-corrected chi connectivity index (χ0v) is 11.3. The fourth-order valence-electron chi connectivity index (χ4n) is 2.70. The van der Waals surface area contributed by atoms with Crippen molar-refractivity contribution >= 4 is 5.82 Å². The summed E-state index contributed by atoms with van der Waals surface area (Å²) in [6.45, 7) is 6.93. The number of aromatic nitrogens is 1. The number of nitrogens with one attached hydrogen (secondary N) is 1. The maximum absolute atomic E-state index is 6.04. The number of pyridine rings is 1. The van der Waals surface area contributed by atoms with Crippen LogP contribution in [-0.2, 0) is 4.74 Å². The summed E-state index contributed by atoms with van der Waals surface area (Å²) in [6, 6.07) is 2.32. The van der Waals surface area contributed by atoms with Crippen molar-refractivity contribution in [1.29, 1.82) is 0 Å². The standard InChI is InChI=1S/C14H23N3O/c1-3-16-12(8-11-5-7-18-9-11)13-10(2)4-6-17-14(13)15/h4,6,11-12,16H,3,5,7-9H2,1-2H3,(H2,15,17). The molecule has 4 nitrogen and oxygen atoms in total. The predicted octanol–water partition coefficient (Wildman–Crippen LogP) is 2.05. The van der Waals surface area contributed by atoms with Crippen molar-refractivity contribution in [2.75, 3.05) is 25.5 Å². The molecule has 18 heavy (non-hydrogen) atoms. The van der Waals surface area contributed by atoms with E-state index in [9.17, 15) is 0 Å². The molecular weight excluding hydrogens is 226 g/mol. The number of nitrogens with two attached hydrogens (primary N) is 1. The third-order valence-corrected chi connectivity index (χ3v) is 3.63. The largest absolute Gasteiger partial charge is 0.383 e. The molecule has 0 radical (unpaired) electrons. The van der Waals surface area contributed by atoms with Gasteiger partial charge in [0.05, 0.1) is 0 Å². The fourth-order valence-corrected chi connectivity index (χ4v) is 2.70. The average Bonchev–Trinajstić information content (AvgIpc) is 2.82. The molecule has 1 aromatic heterocycles. The quantitative estimate of drug-likeness (QED) is 0.838. The van der Waals surface area contributed by atoms with E-state index in [1.807, 2.05) is 6.07 Å². The van der Waals surface area contributed by atoms with Crippen LogP contribution in [0.4, 0.5) is 5.82 Å². The second-order valence-corrected chi connectivity index (χ2v) is 5.00. The van der Waals surface area contributed by atoms with Crippen molar-refractivity contribution in [3.63, 3.8) is 0 Å². The molecule has 0 bridgehead atoms. The van der Waals surface area contributed by atoms with E-state index in [1.165, 1.54) is 5.56 Å². The Bertz CT molecular complexity index is 368. The van der Waals surface area contributed by atoms with Crippen LogP contribution in [0.5, 0.6) is 0 Å². The summed E-state index contributed by atoms with van der Waals surface area (Å²) in [7, 11) is 0. The molecule has 100 valence electrons. The highest BCUT2D eigenvalue weighted by Gasteiger charge is 2.23. The summed E-state index contributed by atoms with van der Waals surface area (Å²) in [5, 5.41) is 3.53. The normalized spacial score (nSPS) is 21.1. The Morgan fingerprint density at radius 2 is 2.44 bits per heavy atom. The molecule has 2 unspecified atom stereocenters. The minimum atomic E-state index is 0.287. The maximum atomic E-state index is 6.04. The lowest BCUT2D eigenvalue weighted by Crippen LogP contribution is -2.25. The van der Waals surface area contributed by atoms with Crippen LogP contribution < -0.4 is 11.1 Å². The lowest BCUT2D eigenvalue weighted by molar-refractivity contribution is 0.181. The highest BCUT2D eigenvalue weighted by atomic mass is 16.5. The van der Waals surface area contributed by atoms with Gasteiger partial charge < -0.3 is 15.8 Å². The van der Waals surface area contributed by atoms with Crippen LogP contribution in [0.15, 0.2) is 12.3 Å². The molecule has 2 atom stereocenters. The highest BCUT2D eigenvalue weighted by Crippen LogP contribution is 2.30. The van der Waals surface area contributed by atoms with E-state index >= 15 is 0 Å². The summed E-state index contributed by atoms with van der Waals surface area (Å²) in [5.41, 5.74) is 8.42. The van der Waals surface area contributed by atoms with Crippen LogP contribution in [0.1, 0.15) is 36.9 Å². The lowest BCUT2D eigenvalue weighted by atomic mass is 9.92. The van der Waals surface area contributed by atoms with Gasteiger partial charge in [-0.1, -0.05) is 6.92 Å². The van der Waals surface area contributed by atoms with Gasteiger partial charge in [-0.2, -0.15) is 0 Å². The number of hydrogen-bond acceptors (Lipinski definition) is 4. The number of nitrogens with zero attached hydrogens (tertiary/aromatic N) is 1. The molecule has 0 aliphatic carbocycles. The Hall–Kier alpha value is -1.13. The average molecular weight is 249 g/mol. The van der Waals surface area contributed by atoms with Crippen LogP contribution in [-0.4, -0.2) is 24.7 Å². The molecule has 0 saturated carbocycles. The number of nitrogen functional groups attached to an aromatic ring is 1. The van der Waals surface area contributed by atoms with Crippen LogP contribution in [0, 0.1) is 12.8 Å². The summed E-state index contributed by atoms with van der Waals surface area (Å²) < 4.78 is 5.46. The van der Waals surface area contributed by atoms with Gasteiger partial charge in [0, 0.05) is 31.0 Å². The minimum absolute atomic E-state index is 0.287. The van der Waals surface area contributed by atoms with E-state index in [-0.39, 0.29) is 6.04 Å². The maximum Gasteiger partial charge on any atom is 0.128 e. The smallest absolute Gasteiger partial charge is 0.128 e. The molecule has 2 heterocycles. The first-order valence-corrected chi connectivity index (χ1v) is 6.74. The number of hydrogen-bond donors (Lipinski definition) is 2. The first-order chi connectivity index (χ1) is 8.72. The van der Waals surface area contributed by atoms with Crippen molar-refractivity contribution in [1.82, 2.24) is 10.3 Å². The number of ether oxygens (including phenoxy) is 1. The molecule has 1 aliphatic heterocycles. The summed E-state index contributed by atoms with van der Waals surface area (Å²) in [5.74, 6) is 1.29. The highest BCUT2D eigenvalue weighted by molar-refractivity contribution is 5.46. The van der Waals surface area contributed by atoms with Gasteiger partial charge in [-0.3, -0.25) is 0 Å². The molecule has 1 fully saturated rings. The van der Waals surface area contributed by atoms with Gasteiger partial charge >= 0.3 is 0 Å². The van der Waals surface area contributed by atoms with E-state index in [0.29, 0.717) is 11.7 Å². The summed E-state index contributed by atoms with van der Waals surface area (Å²) >= 11 is 0. The zero-order valence-electron chi connectivity index (χ0n) is 11.3. The predicted molar refractivity (Wildman–Crippen MR) is 73.3 cm³/mol. The summed E-state index contributed by atoms with van der Waals surface area (Å²) in [4.78, 5) is 4.22. The van der Waals surface area contributed by atoms with Crippen molar-refractivity contribution in [2.45, 2.75) is 32.7 Å². The molecule has 0 spiro atoms. The molecule has 1 aliphatic rings. The second-order valence-electron chi connectivity index (χ2n) is 5.00. The Morgan fingerprint density at radius 3 is 3.06 bits per heavy atom.